The zero-order chi connectivity index (χ0) is 20.1. The second-order valence-electron chi connectivity index (χ2n) is 6.23. The molecular weight excluding hydrogens is 376 g/mol. The highest BCUT2D eigenvalue weighted by Gasteiger charge is 2.36. The summed E-state index contributed by atoms with van der Waals surface area (Å²) in [7, 11) is 0. The molecule has 1 aliphatic heterocycles. The maximum atomic E-state index is 12.6. The van der Waals surface area contributed by atoms with E-state index in [2.05, 4.69) is 0 Å². The Kier molecular flexibility index (Phi) is 6.22. The van der Waals surface area contributed by atoms with E-state index < -0.39 is 11.9 Å². The Labute approximate surface area is 168 Å². The monoisotopic (exact) mass is 396 g/mol. The number of thioether (sulfide) groups is 1. The molecule has 0 radical (unpaired) electrons. The third-order valence-corrected chi connectivity index (χ3v) is 5.17. The molecule has 1 heterocycles. The number of rotatable bonds is 6. The summed E-state index contributed by atoms with van der Waals surface area (Å²) in [6, 6.07) is 14.3. The maximum absolute atomic E-state index is 12.6. The summed E-state index contributed by atoms with van der Waals surface area (Å²) >= 11 is 1.63. The van der Waals surface area contributed by atoms with Crippen LogP contribution in [0.4, 0.5) is 5.69 Å². The zero-order valence-corrected chi connectivity index (χ0v) is 16.5. The molecule has 144 valence electrons. The summed E-state index contributed by atoms with van der Waals surface area (Å²) in [5.41, 5.74) is 1.19. The van der Waals surface area contributed by atoms with Gasteiger partial charge in [-0.05, 0) is 49.6 Å². The van der Waals surface area contributed by atoms with Gasteiger partial charge in [0.1, 0.15) is 0 Å². The highest BCUT2D eigenvalue weighted by atomic mass is 32.2. The number of carbonyl (C=O) groups is 2. The first-order chi connectivity index (χ1) is 13.5. The van der Waals surface area contributed by atoms with E-state index in [1.807, 2.05) is 36.6 Å². The molecule has 1 aliphatic rings. The molecule has 28 heavy (non-hydrogen) atoms. The van der Waals surface area contributed by atoms with Crippen molar-refractivity contribution in [2.24, 2.45) is 5.92 Å². The molecule has 2 aromatic carbocycles. The molecule has 6 nitrogen and oxygen atoms in total. The molecule has 0 saturated carbocycles. The minimum absolute atomic E-state index is 0.101. The van der Waals surface area contributed by atoms with Gasteiger partial charge in [0.15, 0.2) is 11.5 Å². The number of ether oxygens (including phenoxy) is 2. The number of nitrogens with zero attached hydrogens (tertiary/aromatic N) is 2. The lowest BCUT2D eigenvalue weighted by Crippen LogP contribution is -2.27. The van der Waals surface area contributed by atoms with Crippen LogP contribution < -0.4 is 14.4 Å². The number of amides is 1. The second-order valence-corrected chi connectivity index (χ2v) is 7.11. The molecule has 7 heteroatoms. The lowest BCUT2D eigenvalue weighted by molar-refractivity contribution is -0.139. The number of hydrogen-bond donors (Lipinski definition) is 0. The molecule has 1 saturated heterocycles. The first-order valence-electron chi connectivity index (χ1n) is 8.88. The van der Waals surface area contributed by atoms with Gasteiger partial charge >= 0.3 is 5.97 Å². The van der Waals surface area contributed by atoms with Gasteiger partial charge in [0.05, 0.1) is 24.2 Å². The Balaban J connectivity index is 1.72. The summed E-state index contributed by atoms with van der Waals surface area (Å²) < 4.78 is 11.0. The third-order valence-electron chi connectivity index (χ3n) is 4.43. The van der Waals surface area contributed by atoms with Gasteiger partial charge in [-0.15, -0.1) is 11.8 Å². The average Bonchev–Trinajstić information content (AvgIpc) is 3.11. The van der Waals surface area contributed by atoms with Crippen LogP contribution in [-0.4, -0.2) is 31.3 Å². The van der Waals surface area contributed by atoms with Crippen molar-refractivity contribution in [1.29, 1.82) is 5.26 Å². The van der Waals surface area contributed by atoms with Gasteiger partial charge in [-0.1, -0.05) is 0 Å². The van der Waals surface area contributed by atoms with Crippen LogP contribution in [0.25, 0.3) is 0 Å². The summed E-state index contributed by atoms with van der Waals surface area (Å²) in [6.45, 7) is 2.46. The SMILES string of the molecule is CCOc1cc(C#N)ccc1OC(=O)C1CC(=O)N(c2ccc(SC)cc2)C1. The predicted molar refractivity (Wildman–Crippen MR) is 107 cm³/mol. The quantitative estimate of drug-likeness (QED) is 0.421. The summed E-state index contributed by atoms with van der Waals surface area (Å²) in [4.78, 5) is 27.7. The van der Waals surface area contributed by atoms with Gasteiger partial charge in [-0.3, -0.25) is 9.59 Å². The zero-order valence-electron chi connectivity index (χ0n) is 15.7. The van der Waals surface area contributed by atoms with Crippen LogP contribution in [0.5, 0.6) is 11.5 Å². The minimum atomic E-state index is -0.558. The van der Waals surface area contributed by atoms with Crippen LogP contribution >= 0.6 is 11.8 Å². The van der Waals surface area contributed by atoms with Crippen LogP contribution in [0.2, 0.25) is 0 Å². The van der Waals surface area contributed by atoms with Crippen molar-refractivity contribution in [3.63, 3.8) is 0 Å². The molecule has 0 spiro atoms. The lowest BCUT2D eigenvalue weighted by Gasteiger charge is -2.17. The molecule has 0 aliphatic carbocycles. The molecule has 0 bridgehead atoms. The minimum Gasteiger partial charge on any atom is -0.490 e. The number of anilines is 1. The fraction of sp³-hybridized carbons (Fsp3) is 0.286. The number of carbonyl (C=O) groups excluding carboxylic acids is 2. The largest absolute Gasteiger partial charge is 0.490 e. The topological polar surface area (TPSA) is 79.6 Å². The Morgan fingerprint density at radius 2 is 2.00 bits per heavy atom. The van der Waals surface area contributed by atoms with Crippen molar-refractivity contribution in [3.8, 4) is 17.6 Å². The van der Waals surface area contributed by atoms with Gasteiger partial charge in [-0.25, -0.2) is 0 Å². The third kappa shape index (κ3) is 4.29. The van der Waals surface area contributed by atoms with E-state index >= 15 is 0 Å². The number of hydrogen-bond acceptors (Lipinski definition) is 6. The van der Waals surface area contributed by atoms with Crippen LogP contribution in [0.3, 0.4) is 0 Å². The average molecular weight is 396 g/mol. The van der Waals surface area contributed by atoms with E-state index in [1.165, 1.54) is 12.1 Å². The standard InChI is InChI=1S/C21H20N2O4S/c1-3-26-19-10-14(12-22)4-9-18(19)27-21(25)15-11-20(24)23(13-15)16-5-7-17(28-2)8-6-16/h4-10,15H,3,11,13H2,1-2H3. The van der Waals surface area contributed by atoms with Gasteiger partial charge in [0.25, 0.3) is 0 Å². The van der Waals surface area contributed by atoms with Crippen molar-refractivity contribution < 1.29 is 19.1 Å². The van der Waals surface area contributed by atoms with Crippen molar-refractivity contribution in [1.82, 2.24) is 0 Å². The van der Waals surface area contributed by atoms with E-state index in [4.69, 9.17) is 14.7 Å². The molecule has 1 amide bonds. The molecule has 3 rings (SSSR count). The van der Waals surface area contributed by atoms with E-state index in [-0.39, 0.29) is 24.6 Å². The van der Waals surface area contributed by atoms with Crippen molar-refractivity contribution in [3.05, 3.63) is 48.0 Å². The number of esters is 1. The fourth-order valence-corrected chi connectivity index (χ4v) is 3.41. The van der Waals surface area contributed by atoms with Crippen LogP contribution in [0.1, 0.15) is 18.9 Å². The van der Waals surface area contributed by atoms with Gasteiger partial charge < -0.3 is 14.4 Å². The van der Waals surface area contributed by atoms with E-state index in [0.717, 1.165) is 10.6 Å². The highest BCUT2D eigenvalue weighted by Crippen LogP contribution is 2.32. The van der Waals surface area contributed by atoms with Crippen LogP contribution in [0, 0.1) is 17.2 Å². The summed E-state index contributed by atoms with van der Waals surface area (Å²) in [5.74, 6) is -0.561. The number of benzene rings is 2. The molecule has 1 fully saturated rings. The smallest absolute Gasteiger partial charge is 0.316 e. The lowest BCUT2D eigenvalue weighted by atomic mass is 10.1. The molecular formula is C21H20N2O4S. The Morgan fingerprint density at radius 1 is 1.25 bits per heavy atom. The Hall–Kier alpha value is -2.98. The van der Waals surface area contributed by atoms with Gasteiger partial charge in [0, 0.05) is 29.6 Å². The Morgan fingerprint density at radius 3 is 2.64 bits per heavy atom. The molecule has 2 aromatic rings. The first-order valence-corrected chi connectivity index (χ1v) is 10.1. The maximum Gasteiger partial charge on any atom is 0.316 e. The number of nitriles is 1. The van der Waals surface area contributed by atoms with Crippen LogP contribution in [-0.2, 0) is 9.59 Å². The van der Waals surface area contributed by atoms with Crippen LogP contribution in [0.15, 0.2) is 47.4 Å². The highest BCUT2D eigenvalue weighted by molar-refractivity contribution is 7.98. The van der Waals surface area contributed by atoms with E-state index in [1.54, 1.807) is 29.7 Å². The summed E-state index contributed by atoms with van der Waals surface area (Å²) in [5, 5.41) is 9.02. The van der Waals surface area contributed by atoms with Gasteiger partial charge in [-0.2, -0.15) is 5.26 Å². The molecule has 1 unspecified atom stereocenters. The van der Waals surface area contributed by atoms with E-state index in [9.17, 15) is 9.59 Å². The summed E-state index contributed by atoms with van der Waals surface area (Å²) in [6.07, 6.45) is 2.09. The first kappa shape index (κ1) is 19.8. The predicted octanol–water partition coefficient (Wildman–Crippen LogP) is 3.64. The Bertz CT molecular complexity index is 921. The molecule has 0 aromatic heterocycles. The normalized spacial score (nSPS) is 16.0. The fourth-order valence-electron chi connectivity index (χ4n) is 3.00. The molecule has 0 N–H and O–H groups in total. The van der Waals surface area contributed by atoms with Crippen molar-refractivity contribution >= 4 is 29.3 Å². The second kappa shape index (κ2) is 8.81. The van der Waals surface area contributed by atoms with Crippen molar-refractivity contribution in [2.75, 3.05) is 24.3 Å². The van der Waals surface area contributed by atoms with Gasteiger partial charge in [0.2, 0.25) is 5.91 Å². The van der Waals surface area contributed by atoms with E-state index in [0.29, 0.717) is 17.9 Å². The molecule has 1 atom stereocenters. The van der Waals surface area contributed by atoms with Crippen molar-refractivity contribution in [2.45, 2.75) is 18.2 Å².